The van der Waals surface area contributed by atoms with E-state index in [4.69, 9.17) is 9.68 Å². The predicted octanol–water partition coefficient (Wildman–Crippen LogP) is 3.33. The van der Waals surface area contributed by atoms with Crippen LogP contribution >= 0.6 is 27.3 Å². The molecule has 4 nitrogen and oxygen atoms in total. The standard InChI is InChI=1S/C13H9BrN2O2S/c14-10-5-12(19-8-10)4-9(6-15)13(17)16-7-11-2-1-3-18-11/h1-5,8H,7H2,(H,16,17)/b9-4+. The highest BCUT2D eigenvalue weighted by molar-refractivity contribution is 9.10. The maximum absolute atomic E-state index is 11.8. The van der Waals surface area contributed by atoms with Crippen molar-refractivity contribution < 1.29 is 9.21 Å². The van der Waals surface area contributed by atoms with Gasteiger partial charge in [-0.2, -0.15) is 5.26 Å². The van der Waals surface area contributed by atoms with Crippen LogP contribution in [0, 0.1) is 11.3 Å². The van der Waals surface area contributed by atoms with E-state index in [9.17, 15) is 4.79 Å². The molecular weight excluding hydrogens is 328 g/mol. The first-order valence-corrected chi connectivity index (χ1v) is 7.02. The molecule has 0 atom stereocenters. The minimum atomic E-state index is -0.413. The lowest BCUT2D eigenvalue weighted by Crippen LogP contribution is -2.23. The Labute approximate surface area is 122 Å². The van der Waals surface area contributed by atoms with Gasteiger partial charge >= 0.3 is 0 Å². The zero-order valence-corrected chi connectivity index (χ0v) is 12.1. The first kappa shape index (κ1) is 13.6. The molecule has 0 aliphatic heterocycles. The van der Waals surface area contributed by atoms with Gasteiger partial charge in [0, 0.05) is 14.7 Å². The molecule has 0 unspecified atom stereocenters. The normalized spacial score (nSPS) is 11.1. The molecule has 2 heterocycles. The maximum Gasteiger partial charge on any atom is 0.262 e. The van der Waals surface area contributed by atoms with E-state index in [1.165, 1.54) is 17.6 Å². The van der Waals surface area contributed by atoms with E-state index in [1.54, 1.807) is 18.2 Å². The second-order valence-electron chi connectivity index (χ2n) is 3.60. The fourth-order valence-corrected chi connectivity index (χ4v) is 2.75. The van der Waals surface area contributed by atoms with Crippen molar-refractivity contribution in [2.75, 3.05) is 0 Å². The smallest absolute Gasteiger partial charge is 0.262 e. The molecule has 1 amide bonds. The molecule has 96 valence electrons. The number of thiophene rings is 1. The summed E-state index contributed by atoms with van der Waals surface area (Å²) in [7, 11) is 0. The van der Waals surface area contributed by atoms with E-state index in [2.05, 4.69) is 21.2 Å². The van der Waals surface area contributed by atoms with Crippen molar-refractivity contribution >= 4 is 39.2 Å². The highest BCUT2D eigenvalue weighted by Gasteiger charge is 2.10. The lowest BCUT2D eigenvalue weighted by molar-refractivity contribution is -0.117. The number of carbonyl (C=O) groups excluding carboxylic acids is 1. The monoisotopic (exact) mass is 336 g/mol. The van der Waals surface area contributed by atoms with Gasteiger partial charge in [0.2, 0.25) is 0 Å². The number of rotatable bonds is 4. The summed E-state index contributed by atoms with van der Waals surface area (Å²) in [5.41, 5.74) is 0.0703. The van der Waals surface area contributed by atoms with Crippen molar-refractivity contribution in [3.63, 3.8) is 0 Å². The Balaban J connectivity index is 2.03. The summed E-state index contributed by atoms with van der Waals surface area (Å²) < 4.78 is 6.03. The molecule has 2 aromatic heterocycles. The summed E-state index contributed by atoms with van der Waals surface area (Å²) in [6, 6.07) is 7.25. The number of carbonyl (C=O) groups is 1. The van der Waals surface area contributed by atoms with E-state index in [0.717, 1.165) is 9.35 Å². The Hall–Kier alpha value is -1.84. The van der Waals surface area contributed by atoms with E-state index in [1.807, 2.05) is 17.5 Å². The maximum atomic E-state index is 11.8. The van der Waals surface area contributed by atoms with Crippen LogP contribution in [0.5, 0.6) is 0 Å². The minimum absolute atomic E-state index is 0.0703. The van der Waals surface area contributed by atoms with Gasteiger partial charge in [0.05, 0.1) is 12.8 Å². The summed E-state index contributed by atoms with van der Waals surface area (Å²) in [5, 5.41) is 13.5. The third kappa shape index (κ3) is 3.81. The quantitative estimate of drug-likeness (QED) is 0.687. The van der Waals surface area contributed by atoms with E-state index in [-0.39, 0.29) is 12.1 Å². The third-order valence-corrected chi connectivity index (χ3v) is 3.88. The molecule has 19 heavy (non-hydrogen) atoms. The molecule has 0 aliphatic rings. The van der Waals surface area contributed by atoms with Gasteiger partial charge in [-0.1, -0.05) is 0 Å². The molecule has 2 rings (SSSR count). The molecule has 0 saturated carbocycles. The van der Waals surface area contributed by atoms with Gasteiger partial charge < -0.3 is 9.73 Å². The van der Waals surface area contributed by atoms with Gasteiger partial charge in [-0.05, 0) is 40.2 Å². The van der Waals surface area contributed by atoms with E-state index < -0.39 is 5.91 Å². The molecule has 0 aliphatic carbocycles. The Morgan fingerprint density at radius 2 is 2.47 bits per heavy atom. The number of nitrogens with one attached hydrogen (secondary N) is 1. The molecular formula is C13H9BrN2O2S. The highest BCUT2D eigenvalue weighted by Crippen LogP contribution is 2.22. The van der Waals surface area contributed by atoms with Crippen molar-refractivity contribution in [1.29, 1.82) is 5.26 Å². The van der Waals surface area contributed by atoms with Crippen molar-refractivity contribution in [3.8, 4) is 6.07 Å². The molecule has 0 bridgehead atoms. The van der Waals surface area contributed by atoms with E-state index >= 15 is 0 Å². The Kier molecular flexibility index (Phi) is 4.55. The SMILES string of the molecule is N#C/C(=C\c1cc(Br)cs1)C(=O)NCc1ccco1. The number of hydrogen-bond acceptors (Lipinski definition) is 4. The van der Waals surface area contributed by atoms with Crippen molar-refractivity contribution in [2.45, 2.75) is 6.54 Å². The minimum Gasteiger partial charge on any atom is -0.467 e. The van der Waals surface area contributed by atoms with Gasteiger partial charge in [0.15, 0.2) is 0 Å². The van der Waals surface area contributed by atoms with Gasteiger partial charge in [0.1, 0.15) is 17.4 Å². The number of hydrogen-bond donors (Lipinski definition) is 1. The van der Waals surface area contributed by atoms with E-state index in [0.29, 0.717) is 5.76 Å². The first-order valence-electron chi connectivity index (χ1n) is 5.35. The number of nitrogens with zero attached hydrogens (tertiary/aromatic N) is 1. The third-order valence-electron chi connectivity index (χ3n) is 2.24. The highest BCUT2D eigenvalue weighted by atomic mass is 79.9. The van der Waals surface area contributed by atoms with Gasteiger partial charge in [-0.25, -0.2) is 0 Å². The van der Waals surface area contributed by atoms with Gasteiger partial charge in [-0.3, -0.25) is 4.79 Å². The predicted molar refractivity (Wildman–Crippen MR) is 76.2 cm³/mol. The molecule has 2 aromatic rings. The molecule has 0 radical (unpaired) electrons. The zero-order chi connectivity index (χ0) is 13.7. The van der Waals surface area contributed by atoms with Gasteiger partial charge in [0.25, 0.3) is 5.91 Å². The summed E-state index contributed by atoms with van der Waals surface area (Å²) in [5.74, 6) is 0.230. The lowest BCUT2D eigenvalue weighted by atomic mass is 10.2. The summed E-state index contributed by atoms with van der Waals surface area (Å²) in [6.07, 6.45) is 3.10. The topological polar surface area (TPSA) is 66.0 Å². The number of halogens is 1. The number of amides is 1. The van der Waals surface area contributed by atoms with Crippen LogP contribution in [0.1, 0.15) is 10.6 Å². The van der Waals surface area contributed by atoms with Crippen molar-refractivity contribution in [2.24, 2.45) is 0 Å². The summed E-state index contributed by atoms with van der Waals surface area (Å²) in [6.45, 7) is 0.263. The fourth-order valence-electron chi connectivity index (χ4n) is 1.37. The molecule has 1 N–H and O–H groups in total. The number of nitriles is 1. The Bertz CT molecular complexity index is 638. The van der Waals surface area contributed by atoms with Crippen molar-refractivity contribution in [3.05, 3.63) is 50.5 Å². The zero-order valence-electron chi connectivity index (χ0n) is 9.72. The van der Waals surface area contributed by atoms with Crippen LogP contribution < -0.4 is 5.32 Å². The molecule has 0 spiro atoms. The second-order valence-corrected chi connectivity index (χ2v) is 5.46. The van der Waals surface area contributed by atoms with Crippen LogP contribution in [0.2, 0.25) is 0 Å². The largest absolute Gasteiger partial charge is 0.467 e. The summed E-state index contributed by atoms with van der Waals surface area (Å²) >= 11 is 4.78. The van der Waals surface area contributed by atoms with Crippen LogP contribution in [-0.2, 0) is 11.3 Å². The second kappa shape index (κ2) is 6.36. The van der Waals surface area contributed by atoms with Crippen molar-refractivity contribution in [1.82, 2.24) is 5.32 Å². The molecule has 6 heteroatoms. The Morgan fingerprint density at radius 1 is 1.63 bits per heavy atom. The lowest BCUT2D eigenvalue weighted by Gasteiger charge is -2.01. The number of furan rings is 1. The van der Waals surface area contributed by atoms with Crippen LogP contribution in [0.3, 0.4) is 0 Å². The summed E-state index contributed by atoms with van der Waals surface area (Å²) in [4.78, 5) is 12.7. The average molecular weight is 337 g/mol. The molecule has 0 saturated heterocycles. The van der Waals surface area contributed by atoms with Crippen LogP contribution in [0.15, 0.2) is 44.3 Å². The van der Waals surface area contributed by atoms with Gasteiger partial charge in [-0.15, -0.1) is 11.3 Å². The van der Waals surface area contributed by atoms with Crippen LogP contribution in [0.4, 0.5) is 0 Å². The molecule has 0 aromatic carbocycles. The molecule has 0 fully saturated rings. The van der Waals surface area contributed by atoms with Crippen LogP contribution in [0.25, 0.3) is 6.08 Å². The fraction of sp³-hybridized carbons (Fsp3) is 0.0769. The average Bonchev–Trinajstić information content (AvgIpc) is 3.04. The first-order chi connectivity index (χ1) is 9.19. The Morgan fingerprint density at radius 3 is 3.05 bits per heavy atom. The van der Waals surface area contributed by atoms with Crippen LogP contribution in [-0.4, -0.2) is 5.91 Å².